The third kappa shape index (κ3) is 5.58. The van der Waals surface area contributed by atoms with E-state index in [-0.39, 0.29) is 5.91 Å². The highest BCUT2D eigenvalue weighted by Crippen LogP contribution is 2.24. The summed E-state index contributed by atoms with van der Waals surface area (Å²) in [4.78, 5) is 24.8. The molecule has 24 heavy (non-hydrogen) atoms. The minimum atomic E-state index is -0.434. The lowest BCUT2D eigenvalue weighted by Gasteiger charge is -2.09. The van der Waals surface area contributed by atoms with Gasteiger partial charge in [0.1, 0.15) is 0 Å². The number of anilines is 1. The molecule has 4 nitrogen and oxygen atoms in total. The fraction of sp³-hybridized carbons (Fsp3) is 0.222. The summed E-state index contributed by atoms with van der Waals surface area (Å²) in [5, 5.41) is 3.07. The standard InChI is InChI=1S/C18H18ClNO3S/c1-2-23-18(22)13-8-9-16(15(19)12-13)20-17(21)10-11-24-14-6-4-3-5-7-14/h3-9,12H,2,10-11H2,1H3,(H,20,21). The van der Waals surface area contributed by atoms with Crippen LogP contribution in [-0.4, -0.2) is 24.2 Å². The maximum atomic E-state index is 12.0. The monoisotopic (exact) mass is 363 g/mol. The Morgan fingerprint density at radius 3 is 2.58 bits per heavy atom. The number of benzene rings is 2. The lowest BCUT2D eigenvalue weighted by atomic mass is 10.2. The number of hydrogen-bond donors (Lipinski definition) is 1. The Labute approximate surface area is 150 Å². The van der Waals surface area contributed by atoms with Crippen molar-refractivity contribution in [3.63, 3.8) is 0 Å². The van der Waals surface area contributed by atoms with Gasteiger partial charge in [-0.2, -0.15) is 0 Å². The smallest absolute Gasteiger partial charge is 0.338 e. The summed E-state index contributed by atoms with van der Waals surface area (Å²) in [6, 6.07) is 14.6. The normalized spacial score (nSPS) is 10.2. The van der Waals surface area contributed by atoms with Crippen molar-refractivity contribution in [1.82, 2.24) is 0 Å². The molecule has 126 valence electrons. The summed E-state index contributed by atoms with van der Waals surface area (Å²) in [7, 11) is 0. The Balaban J connectivity index is 1.86. The summed E-state index contributed by atoms with van der Waals surface area (Å²) >= 11 is 7.74. The zero-order valence-corrected chi connectivity index (χ0v) is 14.8. The molecule has 0 aliphatic heterocycles. The van der Waals surface area contributed by atoms with Crippen LogP contribution in [0.4, 0.5) is 5.69 Å². The fourth-order valence-electron chi connectivity index (χ4n) is 1.95. The highest BCUT2D eigenvalue weighted by atomic mass is 35.5. The van der Waals surface area contributed by atoms with Gasteiger partial charge in [-0.15, -0.1) is 11.8 Å². The van der Waals surface area contributed by atoms with Crippen LogP contribution in [0.5, 0.6) is 0 Å². The number of ether oxygens (including phenoxy) is 1. The van der Waals surface area contributed by atoms with Crippen molar-refractivity contribution in [2.75, 3.05) is 17.7 Å². The molecule has 0 spiro atoms. The highest BCUT2D eigenvalue weighted by molar-refractivity contribution is 7.99. The molecule has 1 N–H and O–H groups in total. The van der Waals surface area contributed by atoms with Crippen LogP contribution in [-0.2, 0) is 9.53 Å². The van der Waals surface area contributed by atoms with Crippen molar-refractivity contribution in [3.8, 4) is 0 Å². The average molecular weight is 364 g/mol. The van der Waals surface area contributed by atoms with E-state index in [1.54, 1.807) is 30.8 Å². The van der Waals surface area contributed by atoms with Gasteiger partial charge in [-0.05, 0) is 37.3 Å². The van der Waals surface area contributed by atoms with Gasteiger partial charge in [0.2, 0.25) is 5.91 Å². The van der Waals surface area contributed by atoms with E-state index in [1.165, 1.54) is 6.07 Å². The second-order valence-electron chi connectivity index (χ2n) is 4.87. The molecule has 0 saturated carbocycles. The molecule has 0 saturated heterocycles. The maximum Gasteiger partial charge on any atom is 0.338 e. The summed E-state index contributed by atoms with van der Waals surface area (Å²) < 4.78 is 4.91. The number of carbonyl (C=O) groups is 2. The van der Waals surface area contributed by atoms with E-state index in [9.17, 15) is 9.59 Å². The first-order chi connectivity index (χ1) is 11.6. The van der Waals surface area contributed by atoms with Crippen LogP contribution in [0.3, 0.4) is 0 Å². The number of hydrogen-bond acceptors (Lipinski definition) is 4. The van der Waals surface area contributed by atoms with E-state index >= 15 is 0 Å². The van der Waals surface area contributed by atoms with E-state index in [1.807, 2.05) is 30.3 Å². The molecular weight excluding hydrogens is 346 g/mol. The number of amides is 1. The molecule has 0 radical (unpaired) electrons. The second-order valence-corrected chi connectivity index (χ2v) is 6.45. The molecule has 2 rings (SSSR count). The summed E-state index contributed by atoms with van der Waals surface area (Å²) in [5.74, 6) is 0.120. The minimum Gasteiger partial charge on any atom is -0.462 e. The maximum absolute atomic E-state index is 12.0. The van der Waals surface area contributed by atoms with E-state index in [0.29, 0.717) is 35.1 Å². The molecule has 0 fully saturated rings. The van der Waals surface area contributed by atoms with Crippen molar-refractivity contribution in [2.24, 2.45) is 0 Å². The number of rotatable bonds is 7. The first-order valence-corrected chi connectivity index (χ1v) is 8.91. The number of thioether (sulfide) groups is 1. The molecule has 2 aromatic carbocycles. The van der Waals surface area contributed by atoms with Gasteiger partial charge in [0.25, 0.3) is 0 Å². The Morgan fingerprint density at radius 2 is 1.92 bits per heavy atom. The summed E-state index contributed by atoms with van der Waals surface area (Å²) in [5.41, 5.74) is 0.846. The van der Waals surface area contributed by atoms with Crippen LogP contribution in [0.1, 0.15) is 23.7 Å². The highest BCUT2D eigenvalue weighted by Gasteiger charge is 2.11. The van der Waals surface area contributed by atoms with Gasteiger partial charge in [-0.3, -0.25) is 4.79 Å². The van der Waals surface area contributed by atoms with Crippen LogP contribution in [0.15, 0.2) is 53.4 Å². The number of esters is 1. The van der Waals surface area contributed by atoms with Gasteiger partial charge < -0.3 is 10.1 Å². The third-order valence-electron chi connectivity index (χ3n) is 3.10. The van der Waals surface area contributed by atoms with E-state index in [2.05, 4.69) is 5.32 Å². The Morgan fingerprint density at radius 1 is 1.17 bits per heavy atom. The quantitative estimate of drug-likeness (QED) is 0.575. The van der Waals surface area contributed by atoms with Crippen LogP contribution < -0.4 is 5.32 Å². The SMILES string of the molecule is CCOC(=O)c1ccc(NC(=O)CCSc2ccccc2)c(Cl)c1. The first kappa shape index (κ1) is 18.4. The zero-order valence-electron chi connectivity index (χ0n) is 13.3. The average Bonchev–Trinajstić information content (AvgIpc) is 2.58. The van der Waals surface area contributed by atoms with Gasteiger partial charge in [-0.25, -0.2) is 4.79 Å². The zero-order chi connectivity index (χ0) is 17.4. The van der Waals surface area contributed by atoms with Gasteiger partial charge in [0.05, 0.1) is 22.9 Å². The molecule has 6 heteroatoms. The lowest BCUT2D eigenvalue weighted by Crippen LogP contribution is -2.13. The molecule has 0 bridgehead atoms. The van der Waals surface area contributed by atoms with E-state index < -0.39 is 5.97 Å². The second kappa shape index (κ2) is 9.35. The molecule has 0 aromatic heterocycles. The molecule has 0 aliphatic carbocycles. The molecular formula is C18H18ClNO3S. The molecule has 0 heterocycles. The van der Waals surface area contributed by atoms with Crippen molar-refractivity contribution in [1.29, 1.82) is 0 Å². The van der Waals surface area contributed by atoms with Crippen LogP contribution in [0, 0.1) is 0 Å². The number of halogens is 1. The predicted molar refractivity (Wildman–Crippen MR) is 97.8 cm³/mol. The fourth-order valence-corrected chi connectivity index (χ4v) is 3.05. The predicted octanol–water partition coefficient (Wildman–Crippen LogP) is 4.64. The minimum absolute atomic E-state index is 0.121. The van der Waals surface area contributed by atoms with E-state index in [0.717, 1.165) is 4.90 Å². The molecule has 1 amide bonds. The Kier molecular flexibility index (Phi) is 7.15. The van der Waals surface area contributed by atoms with E-state index in [4.69, 9.17) is 16.3 Å². The molecule has 2 aromatic rings. The van der Waals surface area contributed by atoms with Crippen LogP contribution in [0.2, 0.25) is 5.02 Å². The Hall–Kier alpha value is -1.98. The first-order valence-electron chi connectivity index (χ1n) is 7.54. The third-order valence-corrected chi connectivity index (χ3v) is 4.42. The van der Waals surface area contributed by atoms with Gasteiger partial charge >= 0.3 is 5.97 Å². The van der Waals surface area contributed by atoms with Crippen molar-refractivity contribution >= 4 is 40.9 Å². The summed E-state index contributed by atoms with van der Waals surface area (Å²) in [6.07, 6.45) is 0.371. The molecule has 0 unspecified atom stereocenters. The van der Waals surface area contributed by atoms with Crippen LogP contribution in [0.25, 0.3) is 0 Å². The van der Waals surface area contributed by atoms with Crippen molar-refractivity contribution < 1.29 is 14.3 Å². The van der Waals surface area contributed by atoms with Gasteiger partial charge in [0.15, 0.2) is 0 Å². The van der Waals surface area contributed by atoms with Crippen LogP contribution >= 0.6 is 23.4 Å². The summed E-state index contributed by atoms with van der Waals surface area (Å²) in [6.45, 7) is 2.04. The number of nitrogens with one attached hydrogen (secondary N) is 1. The number of carbonyl (C=O) groups excluding carboxylic acids is 2. The van der Waals surface area contributed by atoms with Gasteiger partial charge in [-0.1, -0.05) is 29.8 Å². The lowest BCUT2D eigenvalue weighted by molar-refractivity contribution is -0.115. The molecule has 0 aliphatic rings. The van der Waals surface area contributed by atoms with Crippen molar-refractivity contribution in [3.05, 3.63) is 59.1 Å². The Bertz CT molecular complexity index is 707. The largest absolute Gasteiger partial charge is 0.462 e. The van der Waals surface area contributed by atoms with Gasteiger partial charge in [0, 0.05) is 17.1 Å². The topological polar surface area (TPSA) is 55.4 Å². The van der Waals surface area contributed by atoms with Crippen molar-refractivity contribution in [2.45, 2.75) is 18.2 Å². The molecule has 0 atom stereocenters.